The number of benzene rings is 4. The van der Waals surface area contributed by atoms with Gasteiger partial charge in [-0.1, -0.05) is 54.1 Å². The highest BCUT2D eigenvalue weighted by Crippen LogP contribution is 2.35. The summed E-state index contributed by atoms with van der Waals surface area (Å²) in [5, 5.41) is 15.3. The number of hydrogen-bond donors (Lipinski definition) is 1. The van der Waals surface area contributed by atoms with Gasteiger partial charge < -0.3 is 4.74 Å². The Morgan fingerprint density at radius 1 is 1.15 bits per heavy atom. The Bertz CT molecular complexity index is 1440. The van der Waals surface area contributed by atoms with E-state index in [2.05, 4.69) is 26.5 Å². The Morgan fingerprint density at radius 3 is 2.71 bits per heavy atom. The monoisotopic (exact) mass is 535 g/mol. The molecule has 0 radical (unpaired) electrons. The van der Waals surface area contributed by atoms with Crippen molar-refractivity contribution in [1.82, 2.24) is 5.43 Å². The first kappa shape index (κ1) is 23.4. The van der Waals surface area contributed by atoms with Crippen LogP contribution in [0.3, 0.4) is 0 Å². The molecule has 0 bridgehead atoms. The fourth-order valence-electron chi connectivity index (χ4n) is 3.35. The maximum atomic E-state index is 14.0. The Hall–Kier alpha value is -3.73. The maximum Gasteiger partial charge on any atom is 0.274 e. The minimum absolute atomic E-state index is 0.125. The van der Waals surface area contributed by atoms with Crippen molar-refractivity contribution in [3.8, 4) is 11.8 Å². The molecule has 0 aliphatic carbocycles. The fourth-order valence-corrected chi connectivity index (χ4v) is 4.34. The van der Waals surface area contributed by atoms with E-state index in [1.807, 2.05) is 48.5 Å². The zero-order chi connectivity index (χ0) is 24.1. The van der Waals surface area contributed by atoms with Gasteiger partial charge >= 0.3 is 0 Å². The molecular formula is C26H16BrClFN3O2. The second-order valence-corrected chi connectivity index (χ2v) is 8.51. The van der Waals surface area contributed by atoms with Gasteiger partial charge in [-0.25, -0.2) is 9.82 Å². The van der Waals surface area contributed by atoms with Crippen LogP contribution >= 0.6 is 27.5 Å². The molecule has 0 atom stereocenters. The van der Waals surface area contributed by atoms with Crippen LogP contribution < -0.4 is 10.2 Å². The average molecular weight is 537 g/mol. The first-order chi connectivity index (χ1) is 16.5. The van der Waals surface area contributed by atoms with Crippen LogP contribution in [0.2, 0.25) is 5.02 Å². The number of halogens is 3. The lowest BCUT2D eigenvalue weighted by atomic mass is 10.1. The SMILES string of the molecule is N#Cc1ccc(C(=O)N/N=C\c2cc(Cl)c(OCc3cccc4ccccc34)c(Br)c2)c(F)c1. The van der Waals surface area contributed by atoms with Gasteiger partial charge in [0.05, 0.1) is 32.9 Å². The third-order valence-electron chi connectivity index (χ3n) is 5.00. The fraction of sp³-hybridized carbons (Fsp3) is 0.0385. The topological polar surface area (TPSA) is 74.5 Å². The van der Waals surface area contributed by atoms with Gasteiger partial charge in [0, 0.05) is 0 Å². The van der Waals surface area contributed by atoms with Gasteiger partial charge in [0.25, 0.3) is 5.91 Å². The number of hydrogen-bond acceptors (Lipinski definition) is 4. The summed E-state index contributed by atoms with van der Waals surface area (Å²) in [6.07, 6.45) is 1.38. The molecule has 0 saturated carbocycles. The van der Waals surface area contributed by atoms with Gasteiger partial charge in [-0.05, 0) is 68.2 Å². The molecule has 0 fully saturated rings. The lowest BCUT2D eigenvalue weighted by Gasteiger charge is -2.12. The normalized spacial score (nSPS) is 10.9. The first-order valence-corrected chi connectivity index (χ1v) is 11.2. The molecule has 0 unspecified atom stereocenters. The predicted octanol–water partition coefficient (Wildman–Crippen LogP) is 6.61. The average Bonchev–Trinajstić information content (AvgIpc) is 2.83. The molecule has 1 amide bonds. The van der Waals surface area contributed by atoms with Crippen molar-refractivity contribution in [1.29, 1.82) is 5.26 Å². The summed E-state index contributed by atoms with van der Waals surface area (Å²) < 4.78 is 20.6. The van der Waals surface area contributed by atoms with Gasteiger partial charge in [0.15, 0.2) is 5.75 Å². The van der Waals surface area contributed by atoms with Gasteiger partial charge in [0.2, 0.25) is 0 Å². The molecule has 168 valence electrons. The van der Waals surface area contributed by atoms with E-state index in [1.54, 1.807) is 12.1 Å². The number of hydrazone groups is 1. The van der Waals surface area contributed by atoms with Crippen molar-refractivity contribution in [2.75, 3.05) is 0 Å². The van der Waals surface area contributed by atoms with E-state index in [4.69, 9.17) is 21.6 Å². The Kier molecular flexibility index (Phi) is 7.21. The highest BCUT2D eigenvalue weighted by Gasteiger charge is 2.13. The lowest BCUT2D eigenvalue weighted by molar-refractivity contribution is 0.0951. The van der Waals surface area contributed by atoms with Crippen molar-refractivity contribution in [2.45, 2.75) is 6.61 Å². The molecule has 0 spiro atoms. The maximum absolute atomic E-state index is 14.0. The molecule has 0 aliphatic rings. The molecule has 4 aromatic carbocycles. The van der Waals surface area contributed by atoms with E-state index in [0.717, 1.165) is 22.4 Å². The summed E-state index contributed by atoms with van der Waals surface area (Å²) >= 11 is 9.89. The van der Waals surface area contributed by atoms with E-state index in [1.165, 1.54) is 18.3 Å². The van der Waals surface area contributed by atoms with E-state index >= 15 is 0 Å². The third-order valence-corrected chi connectivity index (χ3v) is 5.86. The van der Waals surface area contributed by atoms with Gasteiger partial charge in [0.1, 0.15) is 12.4 Å². The second-order valence-electron chi connectivity index (χ2n) is 7.25. The summed E-state index contributed by atoms with van der Waals surface area (Å²) in [7, 11) is 0. The predicted molar refractivity (Wildman–Crippen MR) is 134 cm³/mol. The van der Waals surface area contributed by atoms with E-state index in [9.17, 15) is 9.18 Å². The van der Waals surface area contributed by atoms with Gasteiger partial charge in [-0.15, -0.1) is 0 Å². The first-order valence-electron chi connectivity index (χ1n) is 10.1. The van der Waals surface area contributed by atoms with Crippen LogP contribution in [0.5, 0.6) is 5.75 Å². The number of fused-ring (bicyclic) bond motifs is 1. The number of amides is 1. The quantitative estimate of drug-likeness (QED) is 0.223. The standard InChI is InChI=1S/C26H16BrClFN3O2/c27-22-10-17(14-31-32-26(33)21-9-8-16(13-30)12-24(21)29)11-23(28)25(22)34-15-19-6-3-5-18-4-1-2-7-20(18)19/h1-12,14H,15H2,(H,32,33)/b31-14-. The zero-order valence-corrected chi connectivity index (χ0v) is 19.9. The van der Waals surface area contributed by atoms with Crippen molar-refractivity contribution < 1.29 is 13.9 Å². The number of ether oxygens (including phenoxy) is 1. The smallest absolute Gasteiger partial charge is 0.274 e. The molecule has 8 heteroatoms. The van der Waals surface area contributed by atoms with Crippen molar-refractivity contribution in [2.24, 2.45) is 5.10 Å². The Labute approximate surface area is 208 Å². The molecule has 0 saturated heterocycles. The second kappa shape index (κ2) is 10.5. The molecule has 5 nitrogen and oxygen atoms in total. The molecule has 0 heterocycles. The molecule has 0 aromatic heterocycles. The van der Waals surface area contributed by atoms with Crippen LogP contribution in [0.4, 0.5) is 4.39 Å². The van der Waals surface area contributed by atoms with Crippen LogP contribution in [-0.2, 0) is 6.61 Å². The summed E-state index contributed by atoms with van der Waals surface area (Å²) in [5.74, 6) is -1.06. The number of nitrogens with zero attached hydrogens (tertiary/aromatic N) is 2. The number of carbonyl (C=O) groups is 1. The molecule has 4 rings (SSSR count). The molecular weight excluding hydrogens is 521 g/mol. The highest BCUT2D eigenvalue weighted by atomic mass is 79.9. The number of carbonyl (C=O) groups excluding carboxylic acids is 1. The molecule has 1 N–H and O–H groups in total. The zero-order valence-electron chi connectivity index (χ0n) is 17.6. The van der Waals surface area contributed by atoms with Crippen LogP contribution in [0.25, 0.3) is 10.8 Å². The minimum Gasteiger partial charge on any atom is -0.486 e. The molecule has 34 heavy (non-hydrogen) atoms. The summed E-state index contributed by atoms with van der Waals surface area (Å²) in [6.45, 7) is 0.333. The van der Waals surface area contributed by atoms with Crippen molar-refractivity contribution >= 4 is 50.4 Å². The number of nitriles is 1. The molecule has 0 aliphatic heterocycles. The Balaban J connectivity index is 1.44. The van der Waals surface area contributed by atoms with Crippen LogP contribution in [-0.4, -0.2) is 12.1 Å². The third kappa shape index (κ3) is 5.25. The van der Waals surface area contributed by atoms with Crippen LogP contribution in [0.15, 0.2) is 82.4 Å². The van der Waals surface area contributed by atoms with E-state index in [-0.39, 0.29) is 11.1 Å². The minimum atomic E-state index is -0.801. The lowest BCUT2D eigenvalue weighted by Crippen LogP contribution is -2.19. The summed E-state index contributed by atoms with van der Waals surface area (Å²) in [4.78, 5) is 12.2. The van der Waals surface area contributed by atoms with E-state index < -0.39 is 11.7 Å². The van der Waals surface area contributed by atoms with Gasteiger partial charge in [-0.2, -0.15) is 10.4 Å². The number of nitrogens with one attached hydrogen (secondary N) is 1. The number of rotatable bonds is 6. The van der Waals surface area contributed by atoms with Gasteiger partial charge in [-0.3, -0.25) is 4.79 Å². The Morgan fingerprint density at radius 2 is 1.94 bits per heavy atom. The largest absolute Gasteiger partial charge is 0.486 e. The highest BCUT2D eigenvalue weighted by molar-refractivity contribution is 9.10. The summed E-state index contributed by atoms with van der Waals surface area (Å²) in [6, 6.07) is 22.9. The van der Waals surface area contributed by atoms with Crippen LogP contribution in [0.1, 0.15) is 27.0 Å². The van der Waals surface area contributed by atoms with Crippen molar-refractivity contribution in [3.05, 3.63) is 110 Å². The van der Waals surface area contributed by atoms with Crippen LogP contribution in [0, 0.1) is 17.1 Å². The molecule has 4 aromatic rings. The van der Waals surface area contributed by atoms with Crippen molar-refractivity contribution in [3.63, 3.8) is 0 Å². The summed E-state index contributed by atoms with van der Waals surface area (Å²) in [5.41, 5.74) is 3.79. The van der Waals surface area contributed by atoms with E-state index in [0.29, 0.717) is 27.4 Å².